The molecule has 3 N–H and O–H groups in total. The number of sulfonamides is 1. The molecule has 3 aromatic carbocycles. The molecule has 14 heteroatoms. The van der Waals surface area contributed by atoms with E-state index in [4.69, 9.17) is 38.4 Å². The zero-order chi connectivity index (χ0) is 32.7. The van der Waals surface area contributed by atoms with E-state index >= 15 is 0 Å². The number of carbonyl (C=O) groups excluding carboxylic acids is 2. The lowest BCUT2D eigenvalue weighted by molar-refractivity contribution is -0.132. The Hall–Kier alpha value is -3.39. The minimum absolute atomic E-state index is 0.105. The summed E-state index contributed by atoms with van der Waals surface area (Å²) in [5, 5.41) is 0.677. The largest absolute Gasteiger partial charge is 0.454 e. The van der Waals surface area contributed by atoms with Crippen molar-refractivity contribution < 1.29 is 27.5 Å². The first-order valence-electron chi connectivity index (χ1n) is 15.1. The molecule has 0 unspecified atom stereocenters. The summed E-state index contributed by atoms with van der Waals surface area (Å²) in [4.78, 5) is 31.8. The minimum Gasteiger partial charge on any atom is -0.454 e. The van der Waals surface area contributed by atoms with E-state index in [0.717, 1.165) is 58.9 Å². The Morgan fingerprint density at radius 1 is 0.870 bits per heavy atom. The number of benzene rings is 3. The van der Waals surface area contributed by atoms with Crippen molar-refractivity contribution >= 4 is 50.7 Å². The first kappa shape index (κ1) is 34.0. The summed E-state index contributed by atoms with van der Waals surface area (Å²) in [7, 11) is -4.25. The van der Waals surface area contributed by atoms with Crippen LogP contribution in [0.4, 0.5) is 5.69 Å². The lowest BCUT2D eigenvalue weighted by Crippen LogP contribution is -2.49. The van der Waals surface area contributed by atoms with Gasteiger partial charge in [-0.2, -0.15) is 0 Å². The van der Waals surface area contributed by atoms with Crippen LogP contribution >= 0.6 is 23.2 Å². The number of rotatable bonds is 12. The molecular weight excluding hydrogens is 653 g/mol. The molecular formula is C32H37Cl2N5O6S. The molecule has 2 saturated heterocycles. The molecule has 0 spiro atoms. The van der Waals surface area contributed by atoms with Crippen LogP contribution in [0.15, 0.2) is 65.6 Å². The number of ether oxygens (including phenoxy) is 2. The molecule has 2 amide bonds. The third-order valence-corrected chi connectivity index (χ3v) is 10.00. The Morgan fingerprint density at radius 2 is 1.57 bits per heavy atom. The predicted molar refractivity (Wildman–Crippen MR) is 177 cm³/mol. The van der Waals surface area contributed by atoms with Crippen molar-refractivity contribution in [3.63, 3.8) is 0 Å². The van der Waals surface area contributed by atoms with Gasteiger partial charge in [0.25, 0.3) is 10.0 Å². The van der Waals surface area contributed by atoms with Gasteiger partial charge in [0, 0.05) is 49.9 Å². The van der Waals surface area contributed by atoms with E-state index in [0.29, 0.717) is 18.1 Å². The molecule has 0 aliphatic carbocycles. The Bertz CT molecular complexity index is 1660. The Labute approximate surface area is 279 Å². The maximum absolute atomic E-state index is 13.8. The van der Waals surface area contributed by atoms with E-state index in [1.165, 1.54) is 24.3 Å². The average Bonchev–Trinajstić information content (AvgIpc) is 3.04. The molecule has 246 valence electrons. The molecule has 0 radical (unpaired) electrons. The van der Waals surface area contributed by atoms with Gasteiger partial charge in [0.05, 0.1) is 35.2 Å². The first-order chi connectivity index (χ1) is 22.1. The summed E-state index contributed by atoms with van der Waals surface area (Å²) in [6.45, 7) is 7.99. The van der Waals surface area contributed by atoms with Gasteiger partial charge in [-0.1, -0.05) is 35.3 Å². The number of amides is 2. The van der Waals surface area contributed by atoms with Gasteiger partial charge in [-0.15, -0.1) is 0 Å². The number of nitrogens with two attached hydrogens (primary N) is 1. The smallest absolute Gasteiger partial charge is 0.262 e. The number of morpholine rings is 1. The number of halogens is 2. The number of carbonyl (C=O) groups is 2. The third kappa shape index (κ3) is 8.90. The van der Waals surface area contributed by atoms with Crippen LogP contribution in [0, 0.1) is 0 Å². The number of hydrogen-bond donors (Lipinski definition) is 2. The van der Waals surface area contributed by atoms with Gasteiger partial charge in [0.15, 0.2) is 5.75 Å². The van der Waals surface area contributed by atoms with Crippen molar-refractivity contribution in [3.8, 4) is 11.5 Å². The monoisotopic (exact) mass is 689 g/mol. The van der Waals surface area contributed by atoms with E-state index in [1.54, 1.807) is 41.3 Å². The molecule has 5 rings (SSSR count). The molecule has 11 nitrogen and oxygen atoms in total. The van der Waals surface area contributed by atoms with Crippen LogP contribution in [0.2, 0.25) is 10.0 Å². The summed E-state index contributed by atoms with van der Waals surface area (Å²) in [6.07, 6.45) is 0.829. The summed E-state index contributed by atoms with van der Waals surface area (Å²) < 4.78 is 41.4. The highest BCUT2D eigenvalue weighted by atomic mass is 35.5. The van der Waals surface area contributed by atoms with E-state index < -0.39 is 15.9 Å². The average molecular weight is 691 g/mol. The lowest BCUT2D eigenvalue weighted by atomic mass is 10.1. The fourth-order valence-corrected chi connectivity index (χ4v) is 7.23. The molecule has 2 aliphatic rings. The summed E-state index contributed by atoms with van der Waals surface area (Å²) in [6, 6.07) is 15.1. The Morgan fingerprint density at radius 3 is 2.26 bits per heavy atom. The van der Waals surface area contributed by atoms with E-state index in [2.05, 4.69) is 14.5 Å². The number of primary amides is 1. The van der Waals surface area contributed by atoms with Crippen LogP contribution in [-0.4, -0.2) is 101 Å². The van der Waals surface area contributed by atoms with Crippen LogP contribution in [0.1, 0.15) is 22.3 Å². The number of nitrogens with one attached hydrogen (secondary N) is 1. The fourth-order valence-electron chi connectivity index (χ4n) is 5.49. The zero-order valence-corrected chi connectivity index (χ0v) is 27.6. The number of hydrogen-bond acceptors (Lipinski definition) is 8. The molecule has 2 heterocycles. The Balaban J connectivity index is 1.26. The standard InChI is InChI=1S/C32H37Cl2N5O6S/c33-25-7-8-28(26(34)22-25)45-29-5-2-1-4-27(29)36-46(42,43)30-9-6-23(32(35)41)20-24(30)21-31(40)39-14-12-37(13-15-39)10-3-11-38-16-18-44-19-17-38/h1-2,4-9,20,22,36H,3,10-19,21H2,(H2,35,41). The zero-order valence-electron chi connectivity index (χ0n) is 25.3. The van der Waals surface area contributed by atoms with Gasteiger partial charge in [-0.25, -0.2) is 8.42 Å². The molecule has 3 aromatic rings. The second kappa shape index (κ2) is 15.5. The topological polar surface area (TPSA) is 135 Å². The summed E-state index contributed by atoms with van der Waals surface area (Å²) in [5.41, 5.74) is 5.93. The molecule has 0 aromatic heterocycles. The van der Waals surface area contributed by atoms with E-state index in [-0.39, 0.29) is 50.6 Å². The lowest BCUT2D eigenvalue weighted by Gasteiger charge is -2.35. The minimum atomic E-state index is -4.25. The molecule has 46 heavy (non-hydrogen) atoms. The van der Waals surface area contributed by atoms with Gasteiger partial charge in [0.1, 0.15) is 5.75 Å². The number of anilines is 1. The van der Waals surface area contributed by atoms with Crippen molar-refractivity contribution in [2.24, 2.45) is 5.73 Å². The van der Waals surface area contributed by atoms with Crippen molar-refractivity contribution in [1.29, 1.82) is 0 Å². The summed E-state index contributed by atoms with van der Waals surface area (Å²) >= 11 is 12.3. The van der Waals surface area contributed by atoms with Gasteiger partial charge in [-0.05, 0) is 73.6 Å². The predicted octanol–water partition coefficient (Wildman–Crippen LogP) is 4.09. The molecule has 0 saturated carbocycles. The highest BCUT2D eigenvalue weighted by Crippen LogP contribution is 2.36. The van der Waals surface area contributed by atoms with Crippen LogP contribution in [0.25, 0.3) is 0 Å². The van der Waals surface area contributed by atoms with Gasteiger partial charge >= 0.3 is 0 Å². The molecule has 2 fully saturated rings. The van der Waals surface area contributed by atoms with E-state index in [1.807, 2.05) is 0 Å². The maximum Gasteiger partial charge on any atom is 0.262 e. The summed E-state index contributed by atoms with van der Waals surface area (Å²) in [5.74, 6) is -0.474. The Kier molecular flexibility index (Phi) is 11.4. The van der Waals surface area contributed by atoms with Crippen molar-refractivity contribution in [2.45, 2.75) is 17.7 Å². The normalized spacial score (nSPS) is 16.3. The second-order valence-corrected chi connectivity index (χ2v) is 13.7. The van der Waals surface area contributed by atoms with Crippen LogP contribution in [0.3, 0.4) is 0 Å². The SMILES string of the molecule is NC(=O)c1ccc(S(=O)(=O)Nc2ccccc2Oc2ccc(Cl)cc2Cl)c(CC(=O)N2CCN(CCCN3CCOCC3)CC2)c1. The maximum atomic E-state index is 13.8. The number of piperazine rings is 1. The second-order valence-electron chi connectivity index (χ2n) is 11.2. The van der Waals surface area contributed by atoms with E-state index in [9.17, 15) is 18.0 Å². The molecule has 2 aliphatic heterocycles. The number of nitrogens with zero attached hydrogens (tertiary/aromatic N) is 3. The van der Waals surface area contributed by atoms with Gasteiger partial charge in [0.2, 0.25) is 11.8 Å². The quantitative estimate of drug-likeness (QED) is 0.290. The third-order valence-electron chi connectivity index (χ3n) is 8.00. The van der Waals surface area contributed by atoms with Crippen molar-refractivity contribution in [1.82, 2.24) is 14.7 Å². The number of para-hydroxylation sites is 2. The van der Waals surface area contributed by atoms with Crippen LogP contribution in [0.5, 0.6) is 11.5 Å². The highest BCUT2D eigenvalue weighted by molar-refractivity contribution is 7.92. The first-order valence-corrected chi connectivity index (χ1v) is 17.3. The van der Waals surface area contributed by atoms with Gasteiger partial charge < -0.3 is 20.1 Å². The van der Waals surface area contributed by atoms with Crippen LogP contribution < -0.4 is 15.2 Å². The molecule has 0 bridgehead atoms. The van der Waals surface area contributed by atoms with Gasteiger partial charge in [-0.3, -0.25) is 24.1 Å². The fraction of sp³-hybridized carbons (Fsp3) is 0.375. The molecule has 0 atom stereocenters. The van der Waals surface area contributed by atoms with Crippen LogP contribution in [-0.2, 0) is 26.0 Å². The highest BCUT2D eigenvalue weighted by Gasteiger charge is 2.26. The van der Waals surface area contributed by atoms with Crippen molar-refractivity contribution in [3.05, 3.63) is 81.8 Å². The van der Waals surface area contributed by atoms with Crippen molar-refractivity contribution in [2.75, 3.05) is 70.3 Å².